The summed E-state index contributed by atoms with van der Waals surface area (Å²) in [4.78, 5) is 50.6. The Labute approximate surface area is 329 Å². The molecule has 1 aromatic carbocycles. The van der Waals surface area contributed by atoms with Gasteiger partial charge < -0.3 is 38.6 Å². The molecule has 3 aliphatic rings. The van der Waals surface area contributed by atoms with Crippen molar-refractivity contribution in [1.82, 2.24) is 19.6 Å². The Balaban J connectivity index is 1.62. The minimum absolute atomic E-state index is 0.0226. The number of aliphatic hydroxyl groups is 1. The third kappa shape index (κ3) is 10.7. The lowest BCUT2D eigenvalue weighted by Gasteiger charge is -2.47. The van der Waals surface area contributed by atoms with E-state index in [0.717, 1.165) is 13.0 Å². The Morgan fingerprint density at radius 1 is 1.04 bits per heavy atom. The van der Waals surface area contributed by atoms with Crippen molar-refractivity contribution in [2.24, 2.45) is 17.3 Å². The Morgan fingerprint density at radius 3 is 2.31 bits per heavy atom. The molecular formula is C42H70N4O9. The fourth-order valence-corrected chi connectivity index (χ4v) is 8.84. The van der Waals surface area contributed by atoms with Crippen molar-refractivity contribution in [3.05, 3.63) is 29.8 Å². The summed E-state index contributed by atoms with van der Waals surface area (Å²) in [6, 6.07) is 6.86. The highest BCUT2D eigenvalue weighted by Crippen LogP contribution is 2.39. The summed E-state index contributed by atoms with van der Waals surface area (Å²) in [7, 11) is 7.07. The van der Waals surface area contributed by atoms with E-state index in [0.29, 0.717) is 63.4 Å². The highest BCUT2D eigenvalue weighted by Gasteiger charge is 2.52. The number of likely N-dealkylation sites (N-methyl/N-ethyl adjacent to an activating group) is 1. The molecule has 0 aliphatic carbocycles. The molecule has 3 heterocycles. The summed E-state index contributed by atoms with van der Waals surface area (Å²) in [6.45, 7) is 19.8. The molecule has 3 fully saturated rings. The zero-order valence-electron chi connectivity index (χ0n) is 35.6. The number of rotatable bonds is 10. The van der Waals surface area contributed by atoms with Crippen molar-refractivity contribution in [2.75, 3.05) is 74.1 Å². The van der Waals surface area contributed by atoms with E-state index in [-0.39, 0.29) is 35.8 Å². The number of ether oxygens (including phenoxy) is 5. The molecule has 3 aliphatic heterocycles. The van der Waals surface area contributed by atoms with Gasteiger partial charge in [-0.15, -0.1) is 0 Å². The monoisotopic (exact) mass is 775 g/mol. The molecule has 0 radical (unpaired) electrons. The topological polar surface area (TPSA) is 131 Å². The van der Waals surface area contributed by atoms with Gasteiger partial charge in [-0.1, -0.05) is 26.8 Å². The van der Waals surface area contributed by atoms with Crippen LogP contribution in [0.1, 0.15) is 85.0 Å². The molecule has 0 bridgehead atoms. The molecule has 0 aromatic heterocycles. The molecule has 3 saturated heterocycles. The summed E-state index contributed by atoms with van der Waals surface area (Å²) in [5.41, 5.74) is -1.88. The van der Waals surface area contributed by atoms with Crippen LogP contribution in [0.5, 0.6) is 5.75 Å². The van der Waals surface area contributed by atoms with Crippen LogP contribution >= 0.6 is 0 Å². The predicted octanol–water partition coefficient (Wildman–Crippen LogP) is 3.95. The van der Waals surface area contributed by atoms with Gasteiger partial charge in [-0.25, -0.2) is 0 Å². The second-order valence-corrected chi connectivity index (χ2v) is 17.2. The number of piperazine rings is 1. The number of methoxy groups -OCH3 is 2. The van der Waals surface area contributed by atoms with Crippen molar-refractivity contribution in [1.29, 1.82) is 0 Å². The fourth-order valence-electron chi connectivity index (χ4n) is 8.84. The molecule has 0 spiro atoms. The Kier molecular flexibility index (Phi) is 15.7. The average molecular weight is 775 g/mol. The zero-order valence-corrected chi connectivity index (χ0v) is 35.6. The first-order valence-electron chi connectivity index (χ1n) is 20.2. The lowest BCUT2D eigenvalue weighted by molar-refractivity contribution is -0.295. The molecule has 55 heavy (non-hydrogen) atoms. The van der Waals surface area contributed by atoms with Crippen molar-refractivity contribution in [3.63, 3.8) is 0 Å². The largest absolute Gasteiger partial charge is 0.497 e. The van der Waals surface area contributed by atoms with E-state index in [1.165, 1.54) is 0 Å². The molecule has 1 N–H and O–H groups in total. The lowest BCUT2D eigenvalue weighted by Crippen LogP contribution is -2.59. The highest BCUT2D eigenvalue weighted by molar-refractivity contribution is 6.04. The predicted molar refractivity (Wildman–Crippen MR) is 211 cm³/mol. The van der Waals surface area contributed by atoms with E-state index in [1.807, 2.05) is 62.9 Å². The van der Waals surface area contributed by atoms with Gasteiger partial charge in [-0.3, -0.25) is 24.2 Å². The van der Waals surface area contributed by atoms with Gasteiger partial charge in [0.15, 0.2) is 12.1 Å². The van der Waals surface area contributed by atoms with Gasteiger partial charge in [0.25, 0.3) is 5.91 Å². The molecule has 13 heteroatoms. The van der Waals surface area contributed by atoms with Gasteiger partial charge in [0.1, 0.15) is 23.4 Å². The summed E-state index contributed by atoms with van der Waals surface area (Å²) in [5, 5.41) is 11.5. The normalized spacial score (nSPS) is 34.7. The van der Waals surface area contributed by atoms with E-state index >= 15 is 0 Å². The Morgan fingerprint density at radius 2 is 1.71 bits per heavy atom. The van der Waals surface area contributed by atoms with Crippen LogP contribution in [0.2, 0.25) is 0 Å². The summed E-state index contributed by atoms with van der Waals surface area (Å²) in [5.74, 6) is -1.02. The van der Waals surface area contributed by atoms with Crippen molar-refractivity contribution < 1.29 is 43.2 Å². The number of benzene rings is 1. The van der Waals surface area contributed by atoms with Crippen LogP contribution in [-0.4, -0.2) is 165 Å². The van der Waals surface area contributed by atoms with Crippen molar-refractivity contribution in [2.45, 2.75) is 123 Å². The van der Waals surface area contributed by atoms with E-state index < -0.39 is 47.5 Å². The second kappa shape index (κ2) is 19.2. The number of cyclic esters (lactones) is 1. The third-order valence-corrected chi connectivity index (χ3v) is 12.2. The van der Waals surface area contributed by atoms with Crippen LogP contribution in [-0.2, 0) is 28.5 Å². The van der Waals surface area contributed by atoms with E-state index in [9.17, 15) is 19.5 Å². The maximum Gasteiger partial charge on any atom is 0.319 e. The molecular weight excluding hydrogens is 704 g/mol. The average Bonchev–Trinajstić information content (AvgIpc) is 3.15. The molecule has 0 saturated carbocycles. The van der Waals surface area contributed by atoms with Crippen molar-refractivity contribution in [3.8, 4) is 5.75 Å². The van der Waals surface area contributed by atoms with Crippen LogP contribution in [0.3, 0.4) is 0 Å². The smallest absolute Gasteiger partial charge is 0.319 e. The van der Waals surface area contributed by atoms with Gasteiger partial charge in [0.05, 0.1) is 31.0 Å². The number of hydrogen-bond donors (Lipinski definition) is 1. The number of esters is 1. The number of aliphatic hydroxyl groups excluding tert-OH is 1. The standard InChI is InChI=1S/C42H70N4O9/c1-13-17-46-25-27(2)24-42(8,52-12)37(55-39-35(47)33(43(9)10)22-28(3)53-39)29(4)36(48)41(6,7)40(50)54-30(5)34(46)26-44-18-20-45(21-19-44)38(49)31-15-14-16-32(23-31)51-11/h14-16,23,27-30,33-35,37,39,47H,13,17-22,24-26H2,1-12H3/t27-,28-,29+,30+,33+,34+,35-,37-,39+,42-/m1/s1. The molecule has 4 rings (SSSR count). The van der Waals surface area contributed by atoms with Gasteiger partial charge in [0, 0.05) is 63.9 Å². The highest BCUT2D eigenvalue weighted by atomic mass is 16.7. The summed E-state index contributed by atoms with van der Waals surface area (Å²) >= 11 is 0. The fraction of sp³-hybridized carbons (Fsp3) is 0.786. The molecule has 1 aromatic rings. The van der Waals surface area contributed by atoms with Gasteiger partial charge >= 0.3 is 5.97 Å². The summed E-state index contributed by atoms with van der Waals surface area (Å²) in [6.07, 6.45) is -1.45. The molecule has 10 atom stereocenters. The van der Waals surface area contributed by atoms with Crippen LogP contribution in [0.4, 0.5) is 0 Å². The SMILES string of the molecule is CCCN1C[C@H](C)C[C@@](C)(OC)[C@H](O[C@@H]2O[C@H](C)C[C@H](N(C)C)[C@H]2O)[C@@H](C)C(=O)C(C)(C)C(=O)O[C@@H](C)[C@@H]1CN1CCN(C(=O)c2cccc(OC)c2)CC1. The van der Waals surface area contributed by atoms with E-state index in [4.69, 9.17) is 23.7 Å². The van der Waals surface area contributed by atoms with Crippen LogP contribution in [0, 0.1) is 17.3 Å². The zero-order chi connectivity index (χ0) is 40.8. The number of ketones is 1. The van der Waals surface area contributed by atoms with Gasteiger partial charge in [-0.2, -0.15) is 0 Å². The maximum atomic E-state index is 14.5. The van der Waals surface area contributed by atoms with Crippen LogP contribution in [0.15, 0.2) is 24.3 Å². The minimum Gasteiger partial charge on any atom is -0.497 e. The summed E-state index contributed by atoms with van der Waals surface area (Å²) < 4.78 is 30.9. The van der Waals surface area contributed by atoms with Crippen LogP contribution in [0.25, 0.3) is 0 Å². The molecule has 1 amide bonds. The molecule has 312 valence electrons. The van der Waals surface area contributed by atoms with E-state index in [2.05, 4.69) is 23.6 Å². The quantitative estimate of drug-likeness (QED) is 0.273. The number of carbonyl (C=O) groups excluding carboxylic acids is 3. The third-order valence-electron chi connectivity index (χ3n) is 12.2. The first kappa shape index (κ1) is 45.1. The van der Waals surface area contributed by atoms with Crippen LogP contribution < -0.4 is 4.74 Å². The number of carbonyl (C=O) groups is 3. The number of nitrogens with zero attached hydrogens (tertiary/aromatic N) is 4. The number of amides is 1. The first-order chi connectivity index (χ1) is 25.9. The van der Waals surface area contributed by atoms with E-state index in [1.54, 1.807) is 41.1 Å². The number of Topliss-reactive ketones (excluding diaryl/α,β-unsaturated/α-hetero) is 1. The first-order valence-corrected chi connectivity index (χ1v) is 20.2. The van der Waals surface area contributed by atoms with Gasteiger partial charge in [0.2, 0.25) is 0 Å². The van der Waals surface area contributed by atoms with Crippen molar-refractivity contribution >= 4 is 17.7 Å². The molecule has 13 nitrogen and oxygen atoms in total. The molecule has 0 unspecified atom stereocenters. The minimum atomic E-state index is -1.50. The lowest BCUT2D eigenvalue weighted by atomic mass is 9.74. The Bertz CT molecular complexity index is 1440. The number of hydrogen-bond acceptors (Lipinski definition) is 12. The van der Waals surface area contributed by atoms with Gasteiger partial charge in [-0.05, 0) is 98.6 Å². The maximum absolute atomic E-state index is 14.5. The second-order valence-electron chi connectivity index (χ2n) is 17.2. The Hall–Kier alpha value is -2.65.